The van der Waals surface area contributed by atoms with Crippen molar-refractivity contribution >= 4 is 11.0 Å². The third-order valence-electron chi connectivity index (χ3n) is 4.79. The quantitative estimate of drug-likeness (QED) is 0.861. The van der Waals surface area contributed by atoms with Crippen molar-refractivity contribution in [3.63, 3.8) is 0 Å². The molecule has 1 saturated heterocycles. The zero-order valence-corrected chi connectivity index (χ0v) is 13.2. The summed E-state index contributed by atoms with van der Waals surface area (Å²) in [5.74, 6) is 1.05. The Morgan fingerprint density at radius 1 is 1.23 bits per heavy atom. The third-order valence-corrected chi connectivity index (χ3v) is 4.79. The number of hydrogen-bond acceptors (Lipinski definition) is 4. The van der Waals surface area contributed by atoms with Crippen LogP contribution >= 0.6 is 0 Å². The van der Waals surface area contributed by atoms with Crippen molar-refractivity contribution in [3.05, 3.63) is 35.6 Å². The van der Waals surface area contributed by atoms with Crippen LogP contribution in [0.2, 0.25) is 0 Å². The second-order valence-corrected chi connectivity index (χ2v) is 6.23. The summed E-state index contributed by atoms with van der Waals surface area (Å²) in [7, 11) is 0. The van der Waals surface area contributed by atoms with E-state index in [4.69, 9.17) is 9.15 Å². The van der Waals surface area contributed by atoms with Crippen molar-refractivity contribution in [1.82, 2.24) is 5.32 Å². The van der Waals surface area contributed by atoms with Crippen LogP contribution in [0.4, 0.5) is 0 Å². The number of fused-ring (bicyclic) bond motifs is 1. The molecule has 1 aromatic heterocycles. The van der Waals surface area contributed by atoms with Crippen molar-refractivity contribution in [1.29, 1.82) is 0 Å². The first-order valence-electron chi connectivity index (χ1n) is 8.16. The van der Waals surface area contributed by atoms with Crippen LogP contribution in [0.5, 0.6) is 0 Å². The molecule has 120 valence electrons. The second-order valence-electron chi connectivity index (χ2n) is 6.23. The number of aryl methyl sites for hydroxylation is 1. The molecule has 2 aromatic rings. The van der Waals surface area contributed by atoms with Crippen LogP contribution in [0.3, 0.4) is 0 Å². The molecule has 4 heteroatoms. The van der Waals surface area contributed by atoms with Crippen molar-refractivity contribution < 1.29 is 14.3 Å². The highest BCUT2D eigenvalue weighted by atomic mass is 16.5. The van der Waals surface area contributed by atoms with Crippen molar-refractivity contribution in [3.8, 4) is 0 Å². The Kier molecular flexibility index (Phi) is 4.81. The Morgan fingerprint density at radius 3 is 2.73 bits per heavy atom. The summed E-state index contributed by atoms with van der Waals surface area (Å²) < 4.78 is 11.4. The van der Waals surface area contributed by atoms with E-state index in [1.54, 1.807) is 0 Å². The van der Waals surface area contributed by atoms with Gasteiger partial charge in [-0.25, -0.2) is 0 Å². The molecule has 0 aliphatic carbocycles. The SMILES string of the molecule is CCc1oc2ccccc2c1CNCC1(CO)CCOCC1. The molecule has 1 aliphatic rings. The number of hydrogen-bond donors (Lipinski definition) is 2. The number of benzene rings is 1. The number of aliphatic hydroxyl groups is 1. The maximum Gasteiger partial charge on any atom is 0.134 e. The predicted octanol–water partition coefficient (Wildman–Crippen LogP) is 2.87. The van der Waals surface area contributed by atoms with E-state index in [0.717, 1.165) is 56.9 Å². The van der Waals surface area contributed by atoms with Crippen LogP contribution in [-0.2, 0) is 17.7 Å². The van der Waals surface area contributed by atoms with Crippen LogP contribution < -0.4 is 5.32 Å². The van der Waals surface area contributed by atoms with Crippen LogP contribution in [0, 0.1) is 5.41 Å². The normalized spacial score (nSPS) is 17.9. The minimum absolute atomic E-state index is 0.0375. The first-order valence-corrected chi connectivity index (χ1v) is 8.16. The number of furan rings is 1. The monoisotopic (exact) mass is 303 g/mol. The maximum atomic E-state index is 9.76. The van der Waals surface area contributed by atoms with Gasteiger partial charge in [0.05, 0.1) is 6.61 Å². The summed E-state index contributed by atoms with van der Waals surface area (Å²) in [4.78, 5) is 0. The molecule has 3 rings (SSSR count). The van der Waals surface area contributed by atoms with E-state index in [9.17, 15) is 5.11 Å². The molecule has 2 heterocycles. The lowest BCUT2D eigenvalue weighted by Gasteiger charge is -2.35. The van der Waals surface area contributed by atoms with Gasteiger partial charge in [0.2, 0.25) is 0 Å². The minimum atomic E-state index is -0.0375. The van der Waals surface area contributed by atoms with Gasteiger partial charge < -0.3 is 19.6 Å². The minimum Gasteiger partial charge on any atom is -0.461 e. The largest absolute Gasteiger partial charge is 0.461 e. The summed E-state index contributed by atoms with van der Waals surface area (Å²) in [6.07, 6.45) is 2.73. The van der Waals surface area contributed by atoms with Gasteiger partial charge in [0.25, 0.3) is 0 Å². The van der Waals surface area contributed by atoms with Gasteiger partial charge in [-0.15, -0.1) is 0 Å². The number of nitrogens with one attached hydrogen (secondary N) is 1. The van der Waals surface area contributed by atoms with E-state index in [-0.39, 0.29) is 12.0 Å². The molecule has 2 N–H and O–H groups in total. The van der Waals surface area contributed by atoms with Crippen molar-refractivity contribution in [2.24, 2.45) is 5.41 Å². The Labute approximate surface area is 131 Å². The predicted molar refractivity (Wildman–Crippen MR) is 86.9 cm³/mol. The molecule has 0 saturated carbocycles. The van der Waals surface area contributed by atoms with Gasteiger partial charge in [-0.2, -0.15) is 0 Å². The summed E-state index contributed by atoms with van der Waals surface area (Å²) in [6, 6.07) is 8.19. The Hall–Kier alpha value is -1.36. The lowest BCUT2D eigenvalue weighted by molar-refractivity contribution is -0.0154. The molecule has 1 aromatic carbocycles. The van der Waals surface area contributed by atoms with E-state index >= 15 is 0 Å². The first-order chi connectivity index (χ1) is 10.8. The van der Waals surface area contributed by atoms with Gasteiger partial charge in [0.15, 0.2) is 0 Å². The fourth-order valence-electron chi connectivity index (χ4n) is 3.28. The van der Waals surface area contributed by atoms with Gasteiger partial charge in [0.1, 0.15) is 11.3 Å². The molecule has 4 nitrogen and oxygen atoms in total. The second kappa shape index (κ2) is 6.82. The topological polar surface area (TPSA) is 54.6 Å². The molecule has 0 radical (unpaired) electrons. The first kappa shape index (κ1) is 15.5. The van der Waals surface area contributed by atoms with Crippen molar-refractivity contribution in [2.75, 3.05) is 26.4 Å². The van der Waals surface area contributed by atoms with Crippen LogP contribution in [-0.4, -0.2) is 31.5 Å². The number of ether oxygens (including phenoxy) is 1. The van der Waals surface area contributed by atoms with E-state index in [2.05, 4.69) is 24.4 Å². The van der Waals surface area contributed by atoms with E-state index in [1.165, 1.54) is 10.9 Å². The highest BCUT2D eigenvalue weighted by Gasteiger charge is 2.31. The molecule has 0 spiro atoms. The molecule has 0 amide bonds. The van der Waals surface area contributed by atoms with E-state index in [1.807, 2.05) is 12.1 Å². The zero-order valence-electron chi connectivity index (χ0n) is 13.2. The molecular formula is C18H25NO3. The van der Waals surface area contributed by atoms with Crippen LogP contribution in [0.15, 0.2) is 28.7 Å². The van der Waals surface area contributed by atoms with E-state index < -0.39 is 0 Å². The van der Waals surface area contributed by atoms with Crippen LogP contribution in [0.25, 0.3) is 11.0 Å². The standard InChI is InChI=1S/C18H25NO3/c1-2-16-15(14-5-3-4-6-17(14)22-16)11-19-12-18(13-20)7-9-21-10-8-18/h3-6,19-20H,2,7-13H2,1H3. The Balaban J connectivity index is 1.71. The van der Waals surface area contributed by atoms with Gasteiger partial charge in [-0.05, 0) is 18.9 Å². The van der Waals surface area contributed by atoms with Gasteiger partial charge in [-0.3, -0.25) is 0 Å². The number of para-hydroxylation sites is 1. The highest BCUT2D eigenvalue weighted by Crippen LogP contribution is 2.30. The molecule has 22 heavy (non-hydrogen) atoms. The third kappa shape index (κ3) is 3.05. The summed E-state index contributed by atoms with van der Waals surface area (Å²) in [5.41, 5.74) is 2.17. The number of aliphatic hydroxyl groups excluding tert-OH is 1. The summed E-state index contributed by atoms with van der Waals surface area (Å²) in [6.45, 7) is 5.43. The fourth-order valence-corrected chi connectivity index (χ4v) is 3.28. The number of rotatable bonds is 6. The summed E-state index contributed by atoms with van der Waals surface area (Å²) in [5, 5.41) is 14.5. The summed E-state index contributed by atoms with van der Waals surface area (Å²) >= 11 is 0. The van der Waals surface area contributed by atoms with Crippen LogP contribution in [0.1, 0.15) is 31.1 Å². The molecule has 0 unspecified atom stereocenters. The van der Waals surface area contributed by atoms with Gasteiger partial charge >= 0.3 is 0 Å². The molecular weight excluding hydrogens is 278 g/mol. The Morgan fingerprint density at radius 2 is 2.00 bits per heavy atom. The van der Waals surface area contributed by atoms with Crippen molar-refractivity contribution in [2.45, 2.75) is 32.7 Å². The lowest BCUT2D eigenvalue weighted by atomic mass is 9.81. The lowest BCUT2D eigenvalue weighted by Crippen LogP contribution is -2.41. The molecule has 0 bridgehead atoms. The smallest absolute Gasteiger partial charge is 0.134 e. The molecule has 0 atom stereocenters. The van der Waals surface area contributed by atoms with Gasteiger partial charge in [0, 0.05) is 49.1 Å². The molecule has 1 fully saturated rings. The molecule has 1 aliphatic heterocycles. The van der Waals surface area contributed by atoms with Gasteiger partial charge in [-0.1, -0.05) is 25.1 Å². The highest BCUT2D eigenvalue weighted by molar-refractivity contribution is 5.82. The average Bonchev–Trinajstić information content (AvgIpc) is 2.94. The maximum absolute atomic E-state index is 9.76. The van der Waals surface area contributed by atoms with E-state index in [0.29, 0.717) is 0 Å². The average molecular weight is 303 g/mol. The fraction of sp³-hybridized carbons (Fsp3) is 0.556. The zero-order chi connectivity index (χ0) is 15.4. The Bertz CT molecular complexity index is 614.